The molecular formula is C29H51N3O2. The first-order valence-corrected chi connectivity index (χ1v) is 14.0. The number of carbonyl (C=O) groups excluding carboxylic acids is 2. The highest BCUT2D eigenvalue weighted by Gasteiger charge is 2.20. The molecule has 0 radical (unpaired) electrons. The molecule has 0 aliphatic carbocycles. The van der Waals surface area contributed by atoms with E-state index in [1.807, 2.05) is 30.3 Å². The molecule has 0 heterocycles. The smallest absolute Gasteiger partial charge is 0.242 e. The Morgan fingerprint density at radius 1 is 0.765 bits per heavy atom. The molecule has 0 fully saturated rings. The van der Waals surface area contributed by atoms with Crippen LogP contribution >= 0.6 is 0 Å². The zero-order chi connectivity index (χ0) is 24.7. The van der Waals surface area contributed by atoms with Gasteiger partial charge in [0, 0.05) is 25.9 Å². The van der Waals surface area contributed by atoms with Gasteiger partial charge < -0.3 is 16.4 Å². The molecule has 34 heavy (non-hydrogen) atoms. The molecule has 5 nitrogen and oxygen atoms in total. The van der Waals surface area contributed by atoms with Crippen molar-refractivity contribution >= 4 is 11.8 Å². The fraction of sp³-hybridized carbons (Fsp3) is 0.724. The zero-order valence-electron chi connectivity index (χ0n) is 21.8. The lowest BCUT2D eigenvalue weighted by atomic mass is 10.0. The van der Waals surface area contributed by atoms with Crippen LogP contribution in [0.15, 0.2) is 30.3 Å². The fourth-order valence-electron chi connectivity index (χ4n) is 4.30. The molecule has 1 aromatic rings. The van der Waals surface area contributed by atoms with Gasteiger partial charge in [-0.25, -0.2) is 0 Å². The van der Waals surface area contributed by atoms with Crippen molar-refractivity contribution in [1.82, 2.24) is 10.6 Å². The number of amides is 2. The highest BCUT2D eigenvalue weighted by molar-refractivity contribution is 5.87. The third kappa shape index (κ3) is 16.7. The van der Waals surface area contributed by atoms with Gasteiger partial charge in [0.15, 0.2) is 0 Å². The second-order valence-electron chi connectivity index (χ2n) is 9.59. The summed E-state index contributed by atoms with van der Waals surface area (Å²) in [6.07, 6.45) is 20.6. The first kappa shape index (κ1) is 30.2. The summed E-state index contributed by atoms with van der Waals surface area (Å²) in [7, 11) is 0. The Balaban J connectivity index is 2.08. The first-order valence-electron chi connectivity index (χ1n) is 14.0. The molecule has 0 spiro atoms. The van der Waals surface area contributed by atoms with Gasteiger partial charge in [0.2, 0.25) is 11.8 Å². The number of unbranched alkanes of at least 4 members (excludes halogenated alkanes) is 14. The molecule has 2 amide bonds. The number of benzene rings is 1. The SMILES string of the molecule is CCCCCCCCCCCCCCCCCC(=O)N[C@@H](Cc1ccccc1)C(=O)NCCN. The molecule has 0 aromatic heterocycles. The third-order valence-electron chi connectivity index (χ3n) is 6.39. The highest BCUT2D eigenvalue weighted by atomic mass is 16.2. The first-order chi connectivity index (χ1) is 16.7. The average Bonchev–Trinajstić information content (AvgIpc) is 2.85. The second kappa shape index (κ2) is 21.6. The molecule has 4 N–H and O–H groups in total. The van der Waals surface area contributed by atoms with Crippen LogP contribution in [0.25, 0.3) is 0 Å². The molecule has 0 saturated carbocycles. The van der Waals surface area contributed by atoms with Crippen LogP contribution in [0.5, 0.6) is 0 Å². The summed E-state index contributed by atoms with van der Waals surface area (Å²) in [6.45, 7) is 3.07. The second-order valence-corrected chi connectivity index (χ2v) is 9.59. The summed E-state index contributed by atoms with van der Waals surface area (Å²) in [5.74, 6) is -0.210. The Morgan fingerprint density at radius 3 is 1.76 bits per heavy atom. The lowest BCUT2D eigenvalue weighted by Gasteiger charge is -2.18. The minimum Gasteiger partial charge on any atom is -0.353 e. The van der Waals surface area contributed by atoms with Crippen LogP contribution in [-0.2, 0) is 16.0 Å². The number of hydrogen-bond acceptors (Lipinski definition) is 3. The van der Waals surface area contributed by atoms with Crippen LogP contribution in [0.4, 0.5) is 0 Å². The average molecular weight is 474 g/mol. The van der Waals surface area contributed by atoms with Crippen LogP contribution in [0.2, 0.25) is 0 Å². The van der Waals surface area contributed by atoms with E-state index in [-0.39, 0.29) is 11.8 Å². The van der Waals surface area contributed by atoms with E-state index in [0.29, 0.717) is 25.9 Å². The van der Waals surface area contributed by atoms with Crippen LogP contribution in [-0.4, -0.2) is 30.9 Å². The van der Waals surface area contributed by atoms with Gasteiger partial charge in [0.1, 0.15) is 6.04 Å². The van der Waals surface area contributed by atoms with Crippen LogP contribution in [0.1, 0.15) is 115 Å². The molecule has 5 heteroatoms. The van der Waals surface area contributed by atoms with Crippen molar-refractivity contribution < 1.29 is 9.59 Å². The molecular weight excluding hydrogens is 422 g/mol. The Kier molecular flexibility index (Phi) is 19.2. The molecule has 194 valence electrons. The van der Waals surface area contributed by atoms with E-state index in [9.17, 15) is 9.59 Å². The quantitative estimate of drug-likeness (QED) is 0.179. The van der Waals surface area contributed by atoms with E-state index in [2.05, 4.69) is 17.6 Å². The largest absolute Gasteiger partial charge is 0.353 e. The number of carbonyl (C=O) groups is 2. The molecule has 0 aliphatic rings. The number of nitrogens with one attached hydrogen (secondary N) is 2. The normalized spacial score (nSPS) is 11.8. The molecule has 1 rings (SSSR count). The summed E-state index contributed by atoms with van der Waals surface area (Å²) in [4.78, 5) is 24.9. The topological polar surface area (TPSA) is 84.2 Å². The predicted octanol–water partition coefficient (Wildman–Crippen LogP) is 6.05. The number of hydrogen-bond donors (Lipinski definition) is 3. The van der Waals surface area contributed by atoms with Crippen molar-refractivity contribution in [3.05, 3.63) is 35.9 Å². The van der Waals surface area contributed by atoms with Crippen molar-refractivity contribution in [2.45, 2.75) is 122 Å². The highest BCUT2D eigenvalue weighted by Crippen LogP contribution is 2.14. The monoisotopic (exact) mass is 473 g/mol. The lowest BCUT2D eigenvalue weighted by Crippen LogP contribution is -2.48. The maximum atomic E-state index is 12.5. The van der Waals surface area contributed by atoms with E-state index in [1.165, 1.54) is 83.5 Å². The van der Waals surface area contributed by atoms with Crippen molar-refractivity contribution in [1.29, 1.82) is 0 Å². The van der Waals surface area contributed by atoms with Gasteiger partial charge in [-0.3, -0.25) is 9.59 Å². The Bertz CT molecular complexity index is 621. The minimum absolute atomic E-state index is 0.0430. The molecule has 0 saturated heterocycles. The molecule has 0 unspecified atom stereocenters. The molecule has 1 aromatic carbocycles. The maximum absolute atomic E-state index is 12.5. The number of nitrogens with two attached hydrogens (primary N) is 1. The summed E-state index contributed by atoms with van der Waals surface area (Å²) in [5.41, 5.74) is 6.53. The summed E-state index contributed by atoms with van der Waals surface area (Å²) < 4.78 is 0. The van der Waals surface area contributed by atoms with E-state index in [4.69, 9.17) is 5.73 Å². The van der Waals surface area contributed by atoms with Crippen LogP contribution < -0.4 is 16.4 Å². The van der Waals surface area contributed by atoms with E-state index in [1.54, 1.807) is 0 Å². The van der Waals surface area contributed by atoms with Gasteiger partial charge in [0.25, 0.3) is 0 Å². The van der Waals surface area contributed by atoms with Gasteiger partial charge in [-0.2, -0.15) is 0 Å². The zero-order valence-corrected chi connectivity index (χ0v) is 21.8. The third-order valence-corrected chi connectivity index (χ3v) is 6.39. The van der Waals surface area contributed by atoms with Crippen molar-refractivity contribution in [3.63, 3.8) is 0 Å². The molecule has 0 bridgehead atoms. The van der Waals surface area contributed by atoms with Crippen LogP contribution in [0, 0.1) is 0 Å². The summed E-state index contributed by atoms with van der Waals surface area (Å²) >= 11 is 0. The molecule has 1 atom stereocenters. The maximum Gasteiger partial charge on any atom is 0.242 e. The van der Waals surface area contributed by atoms with Gasteiger partial charge in [-0.15, -0.1) is 0 Å². The summed E-state index contributed by atoms with van der Waals surface area (Å²) in [5, 5.41) is 5.73. The van der Waals surface area contributed by atoms with Crippen molar-refractivity contribution in [2.24, 2.45) is 5.73 Å². The molecule has 0 aliphatic heterocycles. The Labute approximate surface area is 209 Å². The predicted molar refractivity (Wildman–Crippen MR) is 144 cm³/mol. The minimum atomic E-state index is -0.558. The van der Waals surface area contributed by atoms with E-state index in [0.717, 1.165) is 18.4 Å². The standard InChI is InChI=1S/C29H51N3O2/c1-2-3-4-5-6-7-8-9-10-11-12-13-14-15-19-22-28(33)32-27(29(34)31-24-23-30)25-26-20-17-16-18-21-26/h16-18,20-21,27H,2-15,19,22-25,30H2,1H3,(H,31,34)(H,32,33)/t27-/m0/s1. The van der Waals surface area contributed by atoms with E-state index >= 15 is 0 Å². The van der Waals surface area contributed by atoms with Gasteiger partial charge in [-0.05, 0) is 12.0 Å². The summed E-state index contributed by atoms with van der Waals surface area (Å²) in [6, 6.07) is 9.23. The van der Waals surface area contributed by atoms with Crippen molar-refractivity contribution in [3.8, 4) is 0 Å². The van der Waals surface area contributed by atoms with Gasteiger partial charge in [0.05, 0.1) is 0 Å². The van der Waals surface area contributed by atoms with E-state index < -0.39 is 6.04 Å². The van der Waals surface area contributed by atoms with Gasteiger partial charge in [-0.1, -0.05) is 127 Å². The number of rotatable bonds is 22. The van der Waals surface area contributed by atoms with Crippen LogP contribution in [0.3, 0.4) is 0 Å². The Morgan fingerprint density at radius 2 is 1.26 bits per heavy atom. The fourth-order valence-corrected chi connectivity index (χ4v) is 4.30. The van der Waals surface area contributed by atoms with Crippen molar-refractivity contribution in [2.75, 3.05) is 13.1 Å². The van der Waals surface area contributed by atoms with Gasteiger partial charge >= 0.3 is 0 Å². The lowest BCUT2D eigenvalue weighted by molar-refractivity contribution is -0.129. The Hall–Kier alpha value is -1.88.